The van der Waals surface area contributed by atoms with Crippen LogP contribution in [0.1, 0.15) is 30.1 Å². The molecular formula is C12H15Cl2NO. The minimum atomic E-state index is -0.0930. The molecule has 0 aliphatic carbocycles. The first-order valence-corrected chi connectivity index (χ1v) is 6.17. The van der Waals surface area contributed by atoms with Crippen LogP contribution in [0.25, 0.3) is 0 Å². The Hall–Kier alpha value is -0.730. The van der Waals surface area contributed by atoms with Crippen molar-refractivity contribution in [3.63, 3.8) is 0 Å². The Morgan fingerprint density at radius 1 is 1.50 bits per heavy atom. The maximum absolute atomic E-state index is 11.8. The number of carbonyl (C=O) groups excluding carboxylic acids is 1. The van der Waals surface area contributed by atoms with Crippen molar-refractivity contribution in [1.82, 2.24) is 5.32 Å². The molecule has 16 heavy (non-hydrogen) atoms. The summed E-state index contributed by atoms with van der Waals surface area (Å²) in [5.41, 5.74) is 0.588. The van der Waals surface area contributed by atoms with E-state index < -0.39 is 0 Å². The zero-order valence-corrected chi connectivity index (χ0v) is 10.7. The van der Waals surface area contributed by atoms with E-state index in [1.54, 1.807) is 24.3 Å². The lowest BCUT2D eigenvalue weighted by molar-refractivity contribution is 0.0938. The van der Waals surface area contributed by atoms with Crippen LogP contribution in [0.3, 0.4) is 0 Å². The van der Waals surface area contributed by atoms with Gasteiger partial charge in [0.2, 0.25) is 0 Å². The summed E-state index contributed by atoms with van der Waals surface area (Å²) in [4.78, 5) is 11.8. The predicted molar refractivity (Wildman–Crippen MR) is 68.3 cm³/mol. The summed E-state index contributed by atoms with van der Waals surface area (Å²) in [6, 6.07) is 7.04. The first-order valence-electron chi connectivity index (χ1n) is 5.26. The van der Waals surface area contributed by atoms with Gasteiger partial charge in [0, 0.05) is 22.5 Å². The summed E-state index contributed by atoms with van der Waals surface area (Å²) in [6.45, 7) is 1.97. The first-order chi connectivity index (χ1) is 7.63. The molecule has 0 bridgehead atoms. The number of hydrogen-bond acceptors (Lipinski definition) is 1. The number of hydrogen-bond donors (Lipinski definition) is 1. The molecule has 0 aliphatic heterocycles. The van der Waals surface area contributed by atoms with E-state index in [4.69, 9.17) is 23.2 Å². The second kappa shape index (κ2) is 6.77. The van der Waals surface area contributed by atoms with Gasteiger partial charge in [0.05, 0.1) is 0 Å². The average Bonchev–Trinajstić information content (AvgIpc) is 2.26. The fourth-order valence-corrected chi connectivity index (χ4v) is 1.74. The van der Waals surface area contributed by atoms with Crippen LogP contribution in [0.5, 0.6) is 0 Å². The lowest BCUT2D eigenvalue weighted by Gasteiger charge is -2.13. The van der Waals surface area contributed by atoms with Gasteiger partial charge in [-0.05, 0) is 38.0 Å². The highest BCUT2D eigenvalue weighted by molar-refractivity contribution is 6.30. The Labute approximate surface area is 106 Å². The lowest BCUT2D eigenvalue weighted by atomic mass is 10.1. The van der Waals surface area contributed by atoms with Gasteiger partial charge in [0.1, 0.15) is 0 Å². The number of amides is 1. The third-order valence-electron chi connectivity index (χ3n) is 2.24. The standard InChI is InChI=1S/C12H15Cl2NO/c1-9(4-3-7-13)15-12(16)10-5-2-6-11(14)8-10/h2,5-6,8-9H,3-4,7H2,1H3,(H,15,16). The normalized spacial score (nSPS) is 12.2. The first kappa shape index (κ1) is 13.3. The molecule has 0 saturated carbocycles. The van der Waals surface area contributed by atoms with E-state index in [1.165, 1.54) is 0 Å². The van der Waals surface area contributed by atoms with Gasteiger partial charge in [0.25, 0.3) is 5.91 Å². The average molecular weight is 260 g/mol. The van der Waals surface area contributed by atoms with E-state index in [2.05, 4.69) is 5.32 Å². The summed E-state index contributed by atoms with van der Waals surface area (Å²) in [5.74, 6) is 0.529. The number of rotatable bonds is 5. The Kier molecular flexibility index (Phi) is 5.64. The highest BCUT2D eigenvalue weighted by atomic mass is 35.5. The molecule has 88 valence electrons. The highest BCUT2D eigenvalue weighted by Crippen LogP contribution is 2.11. The zero-order valence-electron chi connectivity index (χ0n) is 9.17. The summed E-state index contributed by atoms with van der Waals surface area (Å²) in [5, 5.41) is 3.47. The highest BCUT2D eigenvalue weighted by Gasteiger charge is 2.09. The van der Waals surface area contributed by atoms with E-state index >= 15 is 0 Å². The molecule has 0 spiro atoms. The Bertz CT molecular complexity index is 355. The lowest BCUT2D eigenvalue weighted by Crippen LogP contribution is -2.32. The number of alkyl halides is 1. The van der Waals surface area contributed by atoms with Gasteiger partial charge in [-0.3, -0.25) is 4.79 Å². The molecule has 1 N–H and O–H groups in total. The van der Waals surface area contributed by atoms with Crippen LogP contribution in [0, 0.1) is 0 Å². The van der Waals surface area contributed by atoms with E-state index in [9.17, 15) is 4.79 Å². The number of nitrogens with one attached hydrogen (secondary N) is 1. The maximum Gasteiger partial charge on any atom is 0.251 e. The van der Waals surface area contributed by atoms with Gasteiger partial charge >= 0.3 is 0 Å². The minimum absolute atomic E-state index is 0.0930. The summed E-state index contributed by atoms with van der Waals surface area (Å²) >= 11 is 11.4. The van der Waals surface area contributed by atoms with E-state index in [-0.39, 0.29) is 11.9 Å². The third kappa shape index (κ3) is 4.42. The van der Waals surface area contributed by atoms with Crippen LogP contribution in [-0.2, 0) is 0 Å². The second-order valence-corrected chi connectivity index (χ2v) is 4.53. The molecule has 1 aromatic carbocycles. The van der Waals surface area contributed by atoms with Crippen LogP contribution in [0.2, 0.25) is 5.02 Å². The van der Waals surface area contributed by atoms with Crippen LogP contribution in [-0.4, -0.2) is 17.8 Å². The van der Waals surface area contributed by atoms with Gasteiger partial charge in [-0.2, -0.15) is 0 Å². The maximum atomic E-state index is 11.8. The molecule has 1 rings (SSSR count). The SMILES string of the molecule is CC(CCCCl)NC(=O)c1cccc(Cl)c1. The van der Waals surface area contributed by atoms with Crippen molar-refractivity contribution < 1.29 is 4.79 Å². The third-order valence-corrected chi connectivity index (χ3v) is 2.74. The van der Waals surface area contributed by atoms with Crippen molar-refractivity contribution in [3.8, 4) is 0 Å². The molecule has 2 nitrogen and oxygen atoms in total. The molecule has 1 atom stereocenters. The van der Waals surface area contributed by atoms with Crippen molar-refractivity contribution >= 4 is 29.1 Å². The van der Waals surface area contributed by atoms with Crippen molar-refractivity contribution in [2.24, 2.45) is 0 Å². The van der Waals surface area contributed by atoms with Gasteiger partial charge < -0.3 is 5.32 Å². The fourth-order valence-electron chi connectivity index (χ4n) is 1.39. The zero-order chi connectivity index (χ0) is 12.0. The molecule has 0 fully saturated rings. The monoisotopic (exact) mass is 259 g/mol. The quantitative estimate of drug-likeness (QED) is 0.807. The summed E-state index contributed by atoms with van der Waals surface area (Å²) in [6.07, 6.45) is 1.79. The molecule has 1 unspecified atom stereocenters. The minimum Gasteiger partial charge on any atom is -0.350 e. The van der Waals surface area contributed by atoms with E-state index in [1.807, 2.05) is 6.92 Å². The van der Waals surface area contributed by atoms with Crippen LogP contribution in [0.4, 0.5) is 0 Å². The fraction of sp³-hybridized carbons (Fsp3) is 0.417. The van der Waals surface area contributed by atoms with Gasteiger partial charge in [-0.25, -0.2) is 0 Å². The smallest absolute Gasteiger partial charge is 0.251 e. The van der Waals surface area contributed by atoms with Crippen molar-refractivity contribution in [2.75, 3.05) is 5.88 Å². The molecule has 0 aromatic heterocycles. The number of benzene rings is 1. The molecule has 1 aromatic rings. The Balaban J connectivity index is 2.52. The van der Waals surface area contributed by atoms with Gasteiger partial charge in [-0.15, -0.1) is 11.6 Å². The molecular weight excluding hydrogens is 245 g/mol. The summed E-state index contributed by atoms with van der Waals surface area (Å²) < 4.78 is 0. The molecule has 0 aliphatic rings. The molecule has 0 saturated heterocycles. The Morgan fingerprint density at radius 3 is 2.88 bits per heavy atom. The van der Waals surface area contributed by atoms with Gasteiger partial charge in [-0.1, -0.05) is 17.7 Å². The van der Waals surface area contributed by atoms with Gasteiger partial charge in [0.15, 0.2) is 0 Å². The summed E-state index contributed by atoms with van der Waals surface area (Å²) in [7, 11) is 0. The van der Waals surface area contributed by atoms with E-state index in [0.29, 0.717) is 16.5 Å². The molecule has 0 radical (unpaired) electrons. The van der Waals surface area contributed by atoms with Crippen molar-refractivity contribution in [3.05, 3.63) is 34.9 Å². The van der Waals surface area contributed by atoms with Crippen LogP contribution < -0.4 is 5.32 Å². The van der Waals surface area contributed by atoms with E-state index in [0.717, 1.165) is 12.8 Å². The number of halogens is 2. The van der Waals surface area contributed by atoms with Crippen LogP contribution >= 0.6 is 23.2 Å². The molecule has 4 heteroatoms. The molecule has 0 heterocycles. The van der Waals surface area contributed by atoms with Crippen molar-refractivity contribution in [1.29, 1.82) is 0 Å². The second-order valence-electron chi connectivity index (χ2n) is 3.72. The number of carbonyl (C=O) groups is 1. The van der Waals surface area contributed by atoms with Crippen molar-refractivity contribution in [2.45, 2.75) is 25.8 Å². The largest absolute Gasteiger partial charge is 0.350 e. The predicted octanol–water partition coefficient (Wildman–Crippen LogP) is 3.48. The molecule has 1 amide bonds. The van der Waals surface area contributed by atoms with Crippen LogP contribution in [0.15, 0.2) is 24.3 Å². The topological polar surface area (TPSA) is 29.1 Å². The Morgan fingerprint density at radius 2 is 2.25 bits per heavy atom.